The number of rotatable bonds is 1. The molecule has 0 bridgehead atoms. The fraction of sp³-hybridized carbons (Fsp3) is 0.778. The first kappa shape index (κ1) is 9.27. The third kappa shape index (κ3) is 2.96. The van der Waals surface area contributed by atoms with Gasteiger partial charge in [0.15, 0.2) is 0 Å². The van der Waals surface area contributed by atoms with E-state index in [0.717, 1.165) is 12.8 Å². The van der Waals surface area contributed by atoms with Crippen molar-refractivity contribution in [2.45, 2.75) is 45.3 Å². The van der Waals surface area contributed by atoms with Gasteiger partial charge in [0.2, 0.25) is 0 Å². The molecule has 11 heavy (non-hydrogen) atoms. The zero-order valence-electron chi connectivity index (χ0n) is 7.36. The summed E-state index contributed by atoms with van der Waals surface area (Å²) in [4.78, 5) is 0. The minimum absolute atomic E-state index is 0.0259. The second kappa shape index (κ2) is 3.28. The third-order valence-corrected chi connectivity index (χ3v) is 2.41. The molecule has 2 heteroatoms. The van der Waals surface area contributed by atoms with Gasteiger partial charge in [-0.25, -0.2) is 0 Å². The summed E-state index contributed by atoms with van der Waals surface area (Å²) in [5.74, 6) is 0. The van der Waals surface area contributed by atoms with Gasteiger partial charge in [0.1, 0.15) is 0 Å². The van der Waals surface area contributed by atoms with E-state index in [-0.39, 0.29) is 5.60 Å². The van der Waals surface area contributed by atoms with Crippen LogP contribution in [-0.2, 0) is 4.74 Å². The molecule has 0 N–H and O–H groups in total. The monoisotopic (exact) mass is 218 g/mol. The molecule has 0 fully saturated rings. The Balaban J connectivity index is 2.45. The van der Waals surface area contributed by atoms with E-state index >= 15 is 0 Å². The topological polar surface area (TPSA) is 9.23 Å². The molecule has 1 rings (SSSR count). The van der Waals surface area contributed by atoms with E-state index in [1.807, 2.05) is 0 Å². The van der Waals surface area contributed by atoms with Gasteiger partial charge in [0.05, 0.1) is 11.7 Å². The Morgan fingerprint density at radius 3 is 2.55 bits per heavy atom. The molecule has 0 aromatic heterocycles. The SMILES string of the molecule is CC(C)(C)OC1CCC=C1Br. The van der Waals surface area contributed by atoms with Crippen molar-refractivity contribution in [3.63, 3.8) is 0 Å². The molecule has 1 atom stereocenters. The van der Waals surface area contributed by atoms with Crippen LogP contribution in [0.1, 0.15) is 33.6 Å². The molecule has 0 heterocycles. The fourth-order valence-electron chi connectivity index (χ4n) is 1.18. The molecule has 0 aliphatic heterocycles. The predicted octanol–water partition coefficient (Wildman–Crippen LogP) is 3.24. The highest BCUT2D eigenvalue weighted by molar-refractivity contribution is 9.11. The van der Waals surface area contributed by atoms with Crippen LogP contribution < -0.4 is 0 Å². The molecule has 1 unspecified atom stereocenters. The Morgan fingerprint density at radius 1 is 1.55 bits per heavy atom. The Morgan fingerprint density at radius 2 is 2.18 bits per heavy atom. The van der Waals surface area contributed by atoms with Crippen molar-refractivity contribution < 1.29 is 4.74 Å². The van der Waals surface area contributed by atoms with Gasteiger partial charge in [-0.3, -0.25) is 0 Å². The second-order valence-corrected chi connectivity index (χ2v) is 4.80. The molecule has 0 radical (unpaired) electrons. The average molecular weight is 219 g/mol. The van der Waals surface area contributed by atoms with Crippen molar-refractivity contribution in [1.29, 1.82) is 0 Å². The van der Waals surface area contributed by atoms with Gasteiger partial charge in [0, 0.05) is 4.48 Å². The quantitative estimate of drug-likeness (QED) is 0.657. The van der Waals surface area contributed by atoms with Crippen molar-refractivity contribution in [1.82, 2.24) is 0 Å². The molecule has 0 aromatic carbocycles. The Kier molecular flexibility index (Phi) is 2.76. The van der Waals surface area contributed by atoms with E-state index < -0.39 is 0 Å². The molecule has 1 nitrogen and oxygen atoms in total. The first-order valence-electron chi connectivity index (χ1n) is 4.02. The molecular weight excluding hydrogens is 204 g/mol. The molecule has 1 aliphatic carbocycles. The lowest BCUT2D eigenvalue weighted by Gasteiger charge is -2.25. The van der Waals surface area contributed by atoms with Gasteiger partial charge in [0.25, 0.3) is 0 Å². The van der Waals surface area contributed by atoms with Crippen molar-refractivity contribution in [3.8, 4) is 0 Å². The van der Waals surface area contributed by atoms with Crippen LogP contribution in [0.2, 0.25) is 0 Å². The van der Waals surface area contributed by atoms with E-state index in [2.05, 4.69) is 42.8 Å². The Labute approximate surface area is 76.9 Å². The lowest BCUT2D eigenvalue weighted by atomic mass is 10.2. The van der Waals surface area contributed by atoms with Gasteiger partial charge < -0.3 is 4.74 Å². The lowest BCUT2D eigenvalue weighted by molar-refractivity contribution is -0.0385. The molecule has 0 saturated carbocycles. The molecule has 0 saturated heterocycles. The Bertz CT molecular complexity index is 167. The highest BCUT2D eigenvalue weighted by atomic mass is 79.9. The summed E-state index contributed by atoms with van der Waals surface area (Å²) in [5.41, 5.74) is -0.0259. The van der Waals surface area contributed by atoms with Crippen LogP contribution in [0.3, 0.4) is 0 Å². The van der Waals surface area contributed by atoms with Crippen molar-refractivity contribution >= 4 is 15.9 Å². The van der Waals surface area contributed by atoms with Crippen LogP contribution in [-0.4, -0.2) is 11.7 Å². The third-order valence-electron chi connectivity index (χ3n) is 1.57. The predicted molar refractivity (Wildman–Crippen MR) is 50.9 cm³/mol. The first-order chi connectivity index (χ1) is 4.99. The number of allylic oxidation sites excluding steroid dienone is 1. The van der Waals surface area contributed by atoms with Crippen LogP contribution in [0.5, 0.6) is 0 Å². The van der Waals surface area contributed by atoms with Crippen molar-refractivity contribution in [3.05, 3.63) is 10.6 Å². The fourth-order valence-corrected chi connectivity index (χ4v) is 1.74. The normalized spacial score (nSPS) is 25.5. The maximum Gasteiger partial charge on any atom is 0.0896 e. The van der Waals surface area contributed by atoms with Gasteiger partial charge in [-0.15, -0.1) is 0 Å². The smallest absolute Gasteiger partial charge is 0.0896 e. The largest absolute Gasteiger partial charge is 0.367 e. The van der Waals surface area contributed by atoms with E-state index in [9.17, 15) is 0 Å². The lowest BCUT2D eigenvalue weighted by Crippen LogP contribution is -2.26. The maximum absolute atomic E-state index is 5.80. The molecule has 0 spiro atoms. The molecule has 1 aliphatic rings. The zero-order chi connectivity index (χ0) is 8.48. The van der Waals surface area contributed by atoms with E-state index in [4.69, 9.17) is 4.74 Å². The van der Waals surface area contributed by atoms with Crippen LogP contribution in [0.4, 0.5) is 0 Å². The highest BCUT2D eigenvalue weighted by Gasteiger charge is 2.23. The maximum atomic E-state index is 5.80. The van der Waals surface area contributed by atoms with Gasteiger partial charge in [-0.1, -0.05) is 22.0 Å². The molecule has 0 amide bonds. The summed E-state index contributed by atoms with van der Waals surface area (Å²) in [5, 5.41) is 0. The second-order valence-electron chi connectivity index (χ2n) is 3.89. The number of halogens is 1. The van der Waals surface area contributed by atoms with Crippen molar-refractivity contribution in [2.75, 3.05) is 0 Å². The van der Waals surface area contributed by atoms with Crippen molar-refractivity contribution in [2.24, 2.45) is 0 Å². The molecule has 0 aromatic rings. The summed E-state index contributed by atoms with van der Waals surface area (Å²) in [6, 6.07) is 0. The zero-order valence-corrected chi connectivity index (χ0v) is 8.94. The van der Waals surface area contributed by atoms with Gasteiger partial charge in [-0.2, -0.15) is 0 Å². The highest BCUT2D eigenvalue weighted by Crippen LogP contribution is 2.29. The van der Waals surface area contributed by atoms with Gasteiger partial charge >= 0.3 is 0 Å². The van der Waals surface area contributed by atoms with Gasteiger partial charge in [-0.05, 0) is 33.6 Å². The summed E-state index contributed by atoms with van der Waals surface area (Å²) < 4.78 is 7.01. The molecule has 64 valence electrons. The average Bonchev–Trinajstić information content (AvgIpc) is 2.12. The minimum Gasteiger partial charge on any atom is -0.367 e. The van der Waals surface area contributed by atoms with Crippen LogP contribution in [0.15, 0.2) is 10.6 Å². The standard InChI is InChI=1S/C9H15BrO/c1-9(2,3)11-8-6-4-5-7(8)10/h5,8H,4,6H2,1-3H3. The van der Waals surface area contributed by atoms with E-state index in [1.54, 1.807) is 0 Å². The van der Waals surface area contributed by atoms with Crippen LogP contribution in [0, 0.1) is 0 Å². The minimum atomic E-state index is -0.0259. The first-order valence-corrected chi connectivity index (χ1v) is 4.82. The number of hydrogen-bond acceptors (Lipinski definition) is 1. The Hall–Kier alpha value is 0.180. The summed E-state index contributed by atoms with van der Waals surface area (Å²) in [6.45, 7) is 6.27. The number of ether oxygens (including phenoxy) is 1. The van der Waals surface area contributed by atoms with Crippen LogP contribution >= 0.6 is 15.9 Å². The summed E-state index contributed by atoms with van der Waals surface area (Å²) >= 11 is 3.49. The molecular formula is C9H15BrO. The summed E-state index contributed by atoms with van der Waals surface area (Å²) in [7, 11) is 0. The summed E-state index contributed by atoms with van der Waals surface area (Å²) in [6.07, 6.45) is 4.75. The van der Waals surface area contributed by atoms with E-state index in [0.29, 0.717) is 6.10 Å². The van der Waals surface area contributed by atoms with Crippen LogP contribution in [0.25, 0.3) is 0 Å². The number of hydrogen-bond donors (Lipinski definition) is 0. The van der Waals surface area contributed by atoms with E-state index in [1.165, 1.54) is 4.48 Å².